The van der Waals surface area contributed by atoms with E-state index in [4.69, 9.17) is 17.3 Å². The average molecular weight is 267 g/mol. The van der Waals surface area contributed by atoms with E-state index in [0.29, 0.717) is 10.6 Å². The molecule has 0 aliphatic carbocycles. The predicted octanol–water partition coefficient (Wildman–Crippen LogP) is 2.33. The zero-order valence-corrected chi connectivity index (χ0v) is 11.4. The summed E-state index contributed by atoms with van der Waals surface area (Å²) in [6.07, 6.45) is 2.11. The molecule has 1 aromatic carbocycles. The van der Waals surface area contributed by atoms with E-state index in [2.05, 4.69) is 4.90 Å². The summed E-state index contributed by atoms with van der Waals surface area (Å²) in [5.41, 5.74) is 6.63. The molecule has 2 atom stereocenters. The Hall–Kier alpha value is -0.900. The first-order valence-corrected chi connectivity index (χ1v) is 6.75. The molecule has 0 spiro atoms. The Balaban J connectivity index is 2.08. The minimum atomic E-state index is -0.130. The molecule has 2 rings (SSSR count). The van der Waals surface area contributed by atoms with Crippen LogP contribution in [-0.2, 0) is 0 Å². The summed E-state index contributed by atoms with van der Waals surface area (Å²) in [5, 5.41) is 0.600. The molecule has 0 aromatic heterocycles. The molecule has 1 aliphatic rings. The third-order valence-corrected chi connectivity index (χ3v) is 3.76. The molecule has 1 aliphatic heterocycles. The Morgan fingerprint density at radius 2 is 2.33 bits per heavy atom. The van der Waals surface area contributed by atoms with E-state index in [1.54, 1.807) is 12.1 Å². The van der Waals surface area contributed by atoms with Gasteiger partial charge >= 0.3 is 0 Å². The SMILES string of the molecule is CC(C(=O)c1cccc(Cl)c1)N1CCCC(N)C1. The first-order chi connectivity index (χ1) is 8.58. The lowest BCUT2D eigenvalue weighted by atomic mass is 10.00. The molecule has 18 heavy (non-hydrogen) atoms. The lowest BCUT2D eigenvalue weighted by molar-refractivity contribution is 0.0794. The fraction of sp³-hybridized carbons (Fsp3) is 0.500. The molecule has 0 bridgehead atoms. The van der Waals surface area contributed by atoms with Gasteiger partial charge in [0.15, 0.2) is 5.78 Å². The maximum absolute atomic E-state index is 12.4. The van der Waals surface area contributed by atoms with Crippen molar-refractivity contribution in [3.05, 3.63) is 34.9 Å². The highest BCUT2D eigenvalue weighted by Crippen LogP contribution is 2.17. The largest absolute Gasteiger partial charge is 0.327 e. The number of hydrogen-bond acceptors (Lipinski definition) is 3. The maximum atomic E-state index is 12.4. The van der Waals surface area contributed by atoms with Gasteiger partial charge in [-0.15, -0.1) is 0 Å². The summed E-state index contributed by atoms with van der Waals surface area (Å²) in [6.45, 7) is 3.69. The lowest BCUT2D eigenvalue weighted by Gasteiger charge is -2.34. The number of carbonyl (C=O) groups is 1. The van der Waals surface area contributed by atoms with Gasteiger partial charge in [-0.3, -0.25) is 9.69 Å². The molecule has 2 unspecified atom stereocenters. The lowest BCUT2D eigenvalue weighted by Crippen LogP contribution is -2.49. The fourth-order valence-corrected chi connectivity index (χ4v) is 2.63. The van der Waals surface area contributed by atoms with Crippen molar-refractivity contribution in [1.82, 2.24) is 4.90 Å². The number of halogens is 1. The van der Waals surface area contributed by atoms with Crippen molar-refractivity contribution in [1.29, 1.82) is 0 Å². The molecule has 1 aromatic rings. The van der Waals surface area contributed by atoms with Crippen LogP contribution in [0.3, 0.4) is 0 Å². The summed E-state index contributed by atoms with van der Waals surface area (Å²) in [5.74, 6) is 0.117. The summed E-state index contributed by atoms with van der Waals surface area (Å²) in [6, 6.07) is 7.19. The van der Waals surface area contributed by atoms with E-state index >= 15 is 0 Å². The van der Waals surface area contributed by atoms with Crippen LogP contribution in [-0.4, -0.2) is 35.9 Å². The van der Waals surface area contributed by atoms with Crippen molar-refractivity contribution >= 4 is 17.4 Å². The first kappa shape index (κ1) is 13.5. The number of hydrogen-bond donors (Lipinski definition) is 1. The van der Waals surface area contributed by atoms with E-state index < -0.39 is 0 Å². The fourth-order valence-electron chi connectivity index (χ4n) is 2.44. The average Bonchev–Trinajstić information content (AvgIpc) is 2.37. The van der Waals surface area contributed by atoms with Gasteiger partial charge in [0.2, 0.25) is 0 Å². The number of rotatable bonds is 3. The van der Waals surface area contributed by atoms with Crippen molar-refractivity contribution in [2.24, 2.45) is 5.73 Å². The molecule has 98 valence electrons. The van der Waals surface area contributed by atoms with Crippen molar-refractivity contribution in [3.63, 3.8) is 0 Å². The van der Waals surface area contributed by atoms with Crippen LogP contribution in [0.15, 0.2) is 24.3 Å². The third-order valence-electron chi connectivity index (χ3n) is 3.53. The van der Waals surface area contributed by atoms with Crippen LogP contribution in [0.4, 0.5) is 0 Å². The molecule has 4 heteroatoms. The predicted molar refractivity (Wildman–Crippen MR) is 74.0 cm³/mol. The van der Waals surface area contributed by atoms with E-state index in [0.717, 1.165) is 25.9 Å². The summed E-state index contributed by atoms with van der Waals surface area (Å²) in [7, 11) is 0. The molecule has 3 nitrogen and oxygen atoms in total. The van der Waals surface area contributed by atoms with Gasteiger partial charge in [-0.2, -0.15) is 0 Å². The van der Waals surface area contributed by atoms with E-state index in [1.165, 1.54) is 0 Å². The van der Waals surface area contributed by atoms with Crippen molar-refractivity contribution in [2.45, 2.75) is 31.8 Å². The Kier molecular flexibility index (Phi) is 4.38. The molecule has 1 heterocycles. The zero-order chi connectivity index (χ0) is 13.1. The Bertz CT molecular complexity index is 436. The van der Waals surface area contributed by atoms with E-state index in [9.17, 15) is 4.79 Å². The summed E-state index contributed by atoms with van der Waals surface area (Å²) < 4.78 is 0. The van der Waals surface area contributed by atoms with Gasteiger partial charge in [0.05, 0.1) is 6.04 Å². The quantitative estimate of drug-likeness (QED) is 0.855. The molecule has 0 saturated carbocycles. The van der Waals surface area contributed by atoms with Gasteiger partial charge in [-0.1, -0.05) is 23.7 Å². The number of nitrogens with zero attached hydrogens (tertiary/aromatic N) is 1. The monoisotopic (exact) mass is 266 g/mol. The number of ketones is 1. The number of nitrogens with two attached hydrogens (primary N) is 1. The maximum Gasteiger partial charge on any atom is 0.179 e. The van der Waals surface area contributed by atoms with Crippen LogP contribution >= 0.6 is 11.6 Å². The Morgan fingerprint density at radius 1 is 1.56 bits per heavy atom. The molecular formula is C14H19ClN2O. The van der Waals surface area contributed by atoms with Crippen molar-refractivity contribution in [2.75, 3.05) is 13.1 Å². The van der Waals surface area contributed by atoms with Gasteiger partial charge in [0.1, 0.15) is 0 Å². The molecule has 1 fully saturated rings. The third kappa shape index (κ3) is 3.10. The normalized spacial score (nSPS) is 22.7. The second-order valence-corrected chi connectivity index (χ2v) is 5.38. The van der Waals surface area contributed by atoms with Crippen LogP contribution in [0.25, 0.3) is 0 Å². The number of piperidine rings is 1. The van der Waals surface area contributed by atoms with E-state index in [-0.39, 0.29) is 17.9 Å². The van der Waals surface area contributed by atoms with Crippen LogP contribution in [0, 0.1) is 0 Å². The first-order valence-electron chi connectivity index (χ1n) is 6.37. The smallest absolute Gasteiger partial charge is 0.179 e. The molecule has 0 amide bonds. The minimum absolute atomic E-state index is 0.117. The highest BCUT2D eigenvalue weighted by Gasteiger charge is 2.26. The zero-order valence-electron chi connectivity index (χ0n) is 10.6. The highest BCUT2D eigenvalue weighted by molar-refractivity contribution is 6.31. The van der Waals surface area contributed by atoms with Gasteiger partial charge in [0.25, 0.3) is 0 Å². The van der Waals surface area contributed by atoms with Gasteiger partial charge in [-0.05, 0) is 38.4 Å². The Labute approximate surface area is 113 Å². The number of likely N-dealkylation sites (tertiary alicyclic amines) is 1. The standard InChI is InChI=1S/C14H19ClN2O/c1-10(17-7-3-6-13(16)9-17)14(18)11-4-2-5-12(15)8-11/h2,4-5,8,10,13H,3,6-7,9,16H2,1H3. The number of Topliss-reactive ketones (excluding diaryl/α,β-unsaturated/α-hetero) is 1. The van der Waals surface area contributed by atoms with Gasteiger partial charge in [-0.25, -0.2) is 0 Å². The van der Waals surface area contributed by atoms with Crippen LogP contribution < -0.4 is 5.73 Å². The second-order valence-electron chi connectivity index (χ2n) is 4.95. The van der Waals surface area contributed by atoms with Crippen LogP contribution in [0.5, 0.6) is 0 Å². The summed E-state index contributed by atoms with van der Waals surface area (Å²) in [4.78, 5) is 14.5. The number of carbonyl (C=O) groups excluding carboxylic acids is 1. The second kappa shape index (κ2) is 5.83. The van der Waals surface area contributed by atoms with Crippen LogP contribution in [0.2, 0.25) is 5.02 Å². The minimum Gasteiger partial charge on any atom is -0.327 e. The molecule has 1 saturated heterocycles. The van der Waals surface area contributed by atoms with E-state index in [1.807, 2.05) is 19.1 Å². The highest BCUT2D eigenvalue weighted by atomic mass is 35.5. The topological polar surface area (TPSA) is 46.3 Å². The van der Waals surface area contributed by atoms with Crippen LogP contribution in [0.1, 0.15) is 30.1 Å². The number of benzene rings is 1. The summed E-state index contributed by atoms with van der Waals surface area (Å²) >= 11 is 5.92. The van der Waals surface area contributed by atoms with Gasteiger partial charge < -0.3 is 5.73 Å². The van der Waals surface area contributed by atoms with Crippen molar-refractivity contribution in [3.8, 4) is 0 Å². The molecule has 0 radical (unpaired) electrons. The van der Waals surface area contributed by atoms with Crippen molar-refractivity contribution < 1.29 is 4.79 Å². The van der Waals surface area contributed by atoms with Gasteiger partial charge in [0, 0.05) is 23.2 Å². The molecule has 2 N–H and O–H groups in total. The Morgan fingerprint density at radius 3 is 3.00 bits per heavy atom. The molecular weight excluding hydrogens is 248 g/mol.